The molecule has 0 unspecified atom stereocenters. The second kappa shape index (κ2) is 9.52. The first-order valence-electron chi connectivity index (χ1n) is 7.68. The molecule has 0 fully saturated rings. The maximum atomic E-state index is 12.6. The molecule has 2 rings (SSSR count). The molecule has 2 aromatic carbocycles. The number of carbonyl (C=O) groups excluding carboxylic acids is 1. The molecule has 0 aliphatic heterocycles. The van der Waals surface area contributed by atoms with Gasteiger partial charge < -0.3 is 9.47 Å². The Morgan fingerprint density at radius 1 is 1.14 bits per heavy atom. The number of carbonyl (C=O) groups is 1. The van der Waals surface area contributed by atoms with Crippen LogP contribution >= 0.6 is 46.4 Å². The van der Waals surface area contributed by atoms with Crippen LogP contribution in [-0.2, 0) is 19.6 Å². The number of hydrogen-bond donors (Lipinski definition) is 1. The normalized spacial score (nSPS) is 13.0. The van der Waals surface area contributed by atoms with E-state index in [-0.39, 0.29) is 27.8 Å². The van der Waals surface area contributed by atoms with Crippen LogP contribution < -0.4 is 9.46 Å². The molecular formula is C17H15Cl4NO5S. The third-order valence-corrected chi connectivity index (χ3v) is 5.91. The maximum absolute atomic E-state index is 12.6. The largest absolute Gasteiger partial charge is 0.480 e. The van der Waals surface area contributed by atoms with Crippen molar-refractivity contribution in [2.45, 2.75) is 14.7 Å². The number of nitrogens with one attached hydrogen (secondary N) is 1. The number of alkyl halides is 3. The van der Waals surface area contributed by atoms with Gasteiger partial charge in [0.25, 0.3) is 0 Å². The number of sulfonamides is 1. The first kappa shape index (κ1) is 23.1. The predicted molar refractivity (Wildman–Crippen MR) is 109 cm³/mol. The van der Waals surface area contributed by atoms with Crippen LogP contribution in [-0.4, -0.2) is 31.9 Å². The lowest BCUT2D eigenvalue weighted by Gasteiger charge is -2.26. The average Bonchev–Trinajstić information content (AvgIpc) is 2.64. The minimum atomic E-state index is -3.98. The van der Waals surface area contributed by atoms with Gasteiger partial charge in [0.2, 0.25) is 13.8 Å². The van der Waals surface area contributed by atoms with Gasteiger partial charge in [-0.15, -0.1) is 0 Å². The van der Waals surface area contributed by atoms with Crippen molar-refractivity contribution in [3.63, 3.8) is 0 Å². The first-order chi connectivity index (χ1) is 13.0. The monoisotopic (exact) mass is 485 g/mol. The van der Waals surface area contributed by atoms with E-state index in [1.807, 2.05) is 0 Å². The Morgan fingerprint density at radius 3 is 2.32 bits per heavy atom. The summed E-state index contributed by atoms with van der Waals surface area (Å²) >= 11 is 24.2. The quantitative estimate of drug-likeness (QED) is 0.466. The third kappa shape index (κ3) is 6.14. The van der Waals surface area contributed by atoms with Gasteiger partial charge in [-0.25, -0.2) is 13.2 Å². The van der Waals surface area contributed by atoms with Crippen molar-refractivity contribution in [3.05, 3.63) is 59.1 Å². The van der Waals surface area contributed by atoms with Gasteiger partial charge in [-0.3, -0.25) is 0 Å². The van der Waals surface area contributed by atoms with Crippen LogP contribution in [0.3, 0.4) is 0 Å². The number of halogens is 4. The van der Waals surface area contributed by atoms with E-state index in [2.05, 4.69) is 9.46 Å². The van der Waals surface area contributed by atoms with E-state index in [1.54, 1.807) is 18.2 Å². The zero-order valence-corrected chi connectivity index (χ0v) is 18.2. The molecule has 0 aromatic heterocycles. The molecule has 1 atom stereocenters. The standard InChI is InChI=1S/C17H15Cl4NO5S/c1-26-15(23)10-27-14-8-7-11(9-13(14)18)16(17(19,20)21)22-28(24,25)12-5-3-2-4-6-12/h2-9,16,22H,10H2,1H3/t16-/m0/s1. The van der Waals surface area contributed by atoms with Gasteiger partial charge >= 0.3 is 5.97 Å². The van der Waals surface area contributed by atoms with E-state index >= 15 is 0 Å². The predicted octanol–water partition coefficient (Wildman–Crippen LogP) is 4.28. The summed E-state index contributed by atoms with van der Waals surface area (Å²) in [5.41, 5.74) is 0.287. The molecule has 28 heavy (non-hydrogen) atoms. The number of esters is 1. The van der Waals surface area contributed by atoms with Gasteiger partial charge in [-0.1, -0.05) is 70.7 Å². The van der Waals surface area contributed by atoms with Crippen molar-refractivity contribution >= 4 is 62.4 Å². The third-order valence-electron chi connectivity index (χ3n) is 3.52. The molecule has 0 bridgehead atoms. The first-order valence-corrected chi connectivity index (χ1v) is 10.7. The summed E-state index contributed by atoms with van der Waals surface area (Å²) < 4.78 is 35.3. The van der Waals surface area contributed by atoms with Crippen molar-refractivity contribution in [1.82, 2.24) is 4.72 Å². The lowest BCUT2D eigenvalue weighted by atomic mass is 10.1. The molecule has 0 aliphatic rings. The number of methoxy groups -OCH3 is 1. The molecular weight excluding hydrogens is 472 g/mol. The fraction of sp³-hybridized carbons (Fsp3) is 0.235. The Hall–Kier alpha value is -1.22. The smallest absolute Gasteiger partial charge is 0.343 e. The Balaban J connectivity index is 2.31. The van der Waals surface area contributed by atoms with Gasteiger partial charge in [0.15, 0.2) is 6.61 Å². The summed E-state index contributed by atoms with van der Waals surface area (Å²) in [5.74, 6) is -0.403. The lowest BCUT2D eigenvalue weighted by molar-refractivity contribution is -0.142. The number of benzene rings is 2. The Bertz CT molecular complexity index is 932. The SMILES string of the molecule is COC(=O)COc1ccc([C@H](NS(=O)(=O)c2ccccc2)C(Cl)(Cl)Cl)cc1Cl. The minimum Gasteiger partial charge on any atom is -0.480 e. The van der Waals surface area contributed by atoms with Crippen LogP contribution in [0.25, 0.3) is 0 Å². The molecule has 0 saturated heterocycles. The Labute approximate surface area is 182 Å². The highest BCUT2D eigenvalue weighted by atomic mass is 35.6. The van der Waals surface area contributed by atoms with E-state index in [1.165, 1.54) is 37.4 Å². The molecule has 0 radical (unpaired) electrons. The van der Waals surface area contributed by atoms with E-state index in [0.29, 0.717) is 0 Å². The van der Waals surface area contributed by atoms with Crippen LogP contribution in [0, 0.1) is 0 Å². The summed E-state index contributed by atoms with van der Waals surface area (Å²) in [7, 11) is -2.75. The number of ether oxygens (including phenoxy) is 2. The Kier molecular flexibility index (Phi) is 7.84. The van der Waals surface area contributed by atoms with Gasteiger partial charge in [0.05, 0.1) is 23.1 Å². The van der Waals surface area contributed by atoms with Gasteiger partial charge in [0, 0.05) is 0 Å². The van der Waals surface area contributed by atoms with Gasteiger partial charge in [-0.05, 0) is 29.8 Å². The molecule has 0 amide bonds. The summed E-state index contributed by atoms with van der Waals surface area (Å²) in [6.07, 6.45) is 0. The molecule has 0 heterocycles. The zero-order valence-electron chi connectivity index (χ0n) is 14.4. The second-order valence-electron chi connectivity index (χ2n) is 5.46. The van der Waals surface area contributed by atoms with E-state index in [0.717, 1.165) is 0 Å². The molecule has 1 N–H and O–H groups in total. The molecule has 6 nitrogen and oxygen atoms in total. The highest BCUT2D eigenvalue weighted by Crippen LogP contribution is 2.42. The van der Waals surface area contributed by atoms with Crippen LogP contribution in [0.1, 0.15) is 11.6 Å². The molecule has 0 aliphatic carbocycles. The zero-order chi connectivity index (χ0) is 20.9. The minimum absolute atomic E-state index is 0.0124. The number of rotatable bonds is 7. The average molecular weight is 487 g/mol. The van der Waals surface area contributed by atoms with E-state index in [9.17, 15) is 13.2 Å². The lowest BCUT2D eigenvalue weighted by Crippen LogP contribution is -2.36. The molecule has 11 heteroatoms. The van der Waals surface area contributed by atoms with Crippen molar-refractivity contribution in [2.24, 2.45) is 0 Å². The van der Waals surface area contributed by atoms with Crippen molar-refractivity contribution in [3.8, 4) is 5.75 Å². The van der Waals surface area contributed by atoms with Crippen molar-refractivity contribution in [2.75, 3.05) is 13.7 Å². The summed E-state index contributed by atoms with van der Waals surface area (Å²) in [4.78, 5) is 11.2. The summed E-state index contributed by atoms with van der Waals surface area (Å²) in [5, 5.41) is 0.0968. The van der Waals surface area contributed by atoms with Crippen LogP contribution in [0.2, 0.25) is 5.02 Å². The molecule has 2 aromatic rings. The van der Waals surface area contributed by atoms with Crippen molar-refractivity contribution in [1.29, 1.82) is 0 Å². The topological polar surface area (TPSA) is 81.7 Å². The molecule has 152 valence electrons. The van der Waals surface area contributed by atoms with Crippen LogP contribution in [0.15, 0.2) is 53.4 Å². The van der Waals surface area contributed by atoms with Crippen LogP contribution in [0.4, 0.5) is 0 Å². The fourth-order valence-corrected chi connectivity index (χ4v) is 4.41. The van der Waals surface area contributed by atoms with Gasteiger partial charge in [0.1, 0.15) is 5.75 Å². The maximum Gasteiger partial charge on any atom is 0.343 e. The fourth-order valence-electron chi connectivity index (χ4n) is 2.16. The highest BCUT2D eigenvalue weighted by molar-refractivity contribution is 7.89. The second-order valence-corrected chi connectivity index (χ2v) is 9.95. The summed E-state index contributed by atoms with van der Waals surface area (Å²) in [6.45, 7) is -0.343. The summed E-state index contributed by atoms with van der Waals surface area (Å²) in [6, 6.07) is 10.7. The van der Waals surface area contributed by atoms with Crippen LogP contribution in [0.5, 0.6) is 5.75 Å². The van der Waals surface area contributed by atoms with Gasteiger partial charge in [-0.2, -0.15) is 4.72 Å². The molecule has 0 saturated carbocycles. The number of hydrogen-bond acceptors (Lipinski definition) is 5. The highest BCUT2D eigenvalue weighted by Gasteiger charge is 2.37. The van der Waals surface area contributed by atoms with E-state index in [4.69, 9.17) is 51.1 Å². The van der Waals surface area contributed by atoms with E-state index < -0.39 is 25.8 Å². The molecule has 0 spiro atoms. The Morgan fingerprint density at radius 2 is 1.79 bits per heavy atom. The van der Waals surface area contributed by atoms with Crippen molar-refractivity contribution < 1.29 is 22.7 Å².